The molecule has 9 nitrogen and oxygen atoms in total. The molecule has 0 aliphatic rings. The van der Waals surface area contributed by atoms with Crippen molar-refractivity contribution in [1.82, 2.24) is 14.8 Å². The number of carbonyl (C=O) groups is 1. The molecule has 0 saturated heterocycles. The van der Waals surface area contributed by atoms with Crippen LogP contribution in [-0.2, 0) is 21.3 Å². The highest BCUT2D eigenvalue weighted by Gasteiger charge is 2.15. The summed E-state index contributed by atoms with van der Waals surface area (Å²) >= 11 is 0. The Balaban J connectivity index is 1.65. The fourth-order valence-electron chi connectivity index (χ4n) is 2.36. The normalized spacial score (nSPS) is 11.0. The van der Waals surface area contributed by atoms with Gasteiger partial charge in [-0.3, -0.25) is 4.72 Å². The van der Waals surface area contributed by atoms with E-state index in [1.165, 1.54) is 37.7 Å². The fraction of sp³-hybridized carbons (Fsp3) is 0.167. The number of methoxy groups -OCH3 is 1. The van der Waals surface area contributed by atoms with E-state index in [1.54, 1.807) is 35.3 Å². The maximum absolute atomic E-state index is 12.5. The first-order valence-electron chi connectivity index (χ1n) is 8.24. The van der Waals surface area contributed by atoms with Crippen molar-refractivity contribution >= 4 is 21.7 Å². The Morgan fingerprint density at radius 3 is 2.64 bits per heavy atom. The number of aromatic nitrogens is 3. The molecular formula is C18H18N4O5S. The van der Waals surface area contributed by atoms with Crippen LogP contribution in [0.2, 0.25) is 0 Å². The average Bonchev–Trinajstić information content (AvgIpc) is 3.21. The minimum atomic E-state index is -3.82. The minimum Gasteiger partial charge on any atom is -0.492 e. The smallest absolute Gasteiger partial charge is 0.337 e. The van der Waals surface area contributed by atoms with E-state index >= 15 is 0 Å². The standard InChI is InChI=1S/C18H18N4O5S/c1-26-18(23)14-5-7-17(8-6-14)28(24,25)21-15-3-2-4-16(11-15)27-10-9-22-13-19-12-20-22/h2-8,11-13,21H,9-10H2,1H3. The van der Waals surface area contributed by atoms with Crippen molar-refractivity contribution in [2.45, 2.75) is 11.4 Å². The van der Waals surface area contributed by atoms with Gasteiger partial charge >= 0.3 is 5.97 Å². The maximum Gasteiger partial charge on any atom is 0.337 e. The van der Waals surface area contributed by atoms with Crippen molar-refractivity contribution in [3.8, 4) is 5.75 Å². The largest absolute Gasteiger partial charge is 0.492 e. The molecule has 0 unspecified atom stereocenters. The molecule has 0 amide bonds. The van der Waals surface area contributed by atoms with Gasteiger partial charge in [0.1, 0.15) is 25.0 Å². The molecule has 0 radical (unpaired) electrons. The number of benzene rings is 2. The van der Waals surface area contributed by atoms with E-state index < -0.39 is 16.0 Å². The van der Waals surface area contributed by atoms with Gasteiger partial charge in [0.2, 0.25) is 0 Å². The quantitative estimate of drug-likeness (QED) is 0.573. The lowest BCUT2D eigenvalue weighted by atomic mass is 10.2. The number of ether oxygens (including phenoxy) is 2. The molecule has 28 heavy (non-hydrogen) atoms. The summed E-state index contributed by atoms with van der Waals surface area (Å²) < 4.78 is 39.4. The Hall–Kier alpha value is -3.40. The van der Waals surface area contributed by atoms with E-state index in [9.17, 15) is 13.2 Å². The second-order valence-corrected chi connectivity index (χ2v) is 7.34. The Bertz CT molecular complexity index is 1030. The van der Waals surface area contributed by atoms with Gasteiger partial charge in [-0.25, -0.2) is 22.9 Å². The van der Waals surface area contributed by atoms with Crippen molar-refractivity contribution in [2.24, 2.45) is 0 Å². The zero-order valence-corrected chi connectivity index (χ0v) is 15.8. The third kappa shape index (κ3) is 4.86. The molecule has 0 spiro atoms. The molecule has 1 aromatic heterocycles. The van der Waals surface area contributed by atoms with Crippen LogP contribution in [0.4, 0.5) is 5.69 Å². The van der Waals surface area contributed by atoms with Crippen molar-refractivity contribution in [1.29, 1.82) is 0 Å². The van der Waals surface area contributed by atoms with Gasteiger partial charge in [0, 0.05) is 6.07 Å². The first-order valence-corrected chi connectivity index (χ1v) is 9.73. The predicted octanol–water partition coefficient (Wildman–Crippen LogP) is 1.94. The number of esters is 1. The number of nitrogens with one attached hydrogen (secondary N) is 1. The van der Waals surface area contributed by atoms with Crippen molar-refractivity contribution in [3.63, 3.8) is 0 Å². The molecular weight excluding hydrogens is 384 g/mol. The molecule has 1 heterocycles. The molecule has 146 valence electrons. The van der Waals surface area contributed by atoms with Crippen LogP contribution >= 0.6 is 0 Å². The van der Waals surface area contributed by atoms with Crippen LogP contribution in [0.25, 0.3) is 0 Å². The van der Waals surface area contributed by atoms with Crippen LogP contribution in [0.15, 0.2) is 66.1 Å². The van der Waals surface area contributed by atoms with E-state index in [-0.39, 0.29) is 10.5 Å². The van der Waals surface area contributed by atoms with Crippen molar-refractivity contribution < 1.29 is 22.7 Å². The van der Waals surface area contributed by atoms with E-state index in [0.29, 0.717) is 24.6 Å². The summed E-state index contributed by atoms with van der Waals surface area (Å²) in [7, 11) is -2.56. The summed E-state index contributed by atoms with van der Waals surface area (Å²) in [6.45, 7) is 0.872. The van der Waals surface area contributed by atoms with Gasteiger partial charge in [-0.2, -0.15) is 5.10 Å². The van der Waals surface area contributed by atoms with E-state index in [0.717, 1.165) is 0 Å². The zero-order valence-electron chi connectivity index (χ0n) is 15.0. The average molecular weight is 402 g/mol. The Labute approximate surface area is 162 Å². The Morgan fingerprint density at radius 2 is 1.96 bits per heavy atom. The second-order valence-electron chi connectivity index (χ2n) is 5.66. The van der Waals surface area contributed by atoms with Crippen LogP contribution in [0, 0.1) is 0 Å². The molecule has 1 N–H and O–H groups in total. The highest BCUT2D eigenvalue weighted by molar-refractivity contribution is 7.92. The number of nitrogens with zero attached hydrogens (tertiary/aromatic N) is 3. The summed E-state index contributed by atoms with van der Waals surface area (Å²) in [6, 6.07) is 12.1. The number of sulfonamides is 1. The molecule has 10 heteroatoms. The highest BCUT2D eigenvalue weighted by atomic mass is 32.2. The van der Waals surface area contributed by atoms with E-state index in [1.807, 2.05) is 0 Å². The predicted molar refractivity (Wildman–Crippen MR) is 101 cm³/mol. The van der Waals surface area contributed by atoms with Crippen LogP contribution < -0.4 is 9.46 Å². The first kappa shape index (κ1) is 19.4. The third-order valence-electron chi connectivity index (χ3n) is 3.73. The second kappa shape index (κ2) is 8.53. The highest BCUT2D eigenvalue weighted by Crippen LogP contribution is 2.21. The molecule has 3 rings (SSSR count). The lowest BCUT2D eigenvalue weighted by Gasteiger charge is -2.11. The number of rotatable bonds is 8. The molecule has 0 bridgehead atoms. The molecule has 0 aliphatic heterocycles. The van der Waals surface area contributed by atoms with Gasteiger partial charge in [0.05, 0.1) is 29.8 Å². The summed E-state index contributed by atoms with van der Waals surface area (Å²) in [5.74, 6) is -0.0194. The molecule has 0 atom stereocenters. The summed E-state index contributed by atoms with van der Waals surface area (Å²) in [5, 5.41) is 3.97. The van der Waals surface area contributed by atoms with Gasteiger partial charge in [-0.15, -0.1) is 0 Å². The van der Waals surface area contributed by atoms with Gasteiger partial charge in [-0.1, -0.05) is 6.07 Å². The van der Waals surface area contributed by atoms with Gasteiger partial charge in [0.15, 0.2) is 0 Å². The van der Waals surface area contributed by atoms with Crippen molar-refractivity contribution in [3.05, 3.63) is 66.7 Å². The molecule has 0 fully saturated rings. The Kier molecular flexibility index (Phi) is 5.90. The van der Waals surface area contributed by atoms with Crippen LogP contribution in [0.5, 0.6) is 5.75 Å². The lowest BCUT2D eigenvalue weighted by molar-refractivity contribution is 0.0600. The number of hydrogen-bond donors (Lipinski definition) is 1. The summed E-state index contributed by atoms with van der Waals surface area (Å²) in [5.41, 5.74) is 0.625. The molecule has 2 aromatic carbocycles. The maximum atomic E-state index is 12.5. The van der Waals surface area contributed by atoms with Crippen LogP contribution in [-0.4, -0.2) is 42.9 Å². The molecule has 0 aliphatic carbocycles. The number of hydrogen-bond acceptors (Lipinski definition) is 7. The topological polar surface area (TPSA) is 112 Å². The summed E-state index contributed by atoms with van der Waals surface area (Å²) in [6.07, 6.45) is 3.02. The molecule has 0 saturated carbocycles. The monoisotopic (exact) mass is 402 g/mol. The van der Waals surface area contributed by atoms with Crippen LogP contribution in [0.3, 0.4) is 0 Å². The zero-order chi connectivity index (χ0) is 20.0. The van der Waals surface area contributed by atoms with E-state index in [4.69, 9.17) is 4.74 Å². The number of anilines is 1. The third-order valence-corrected chi connectivity index (χ3v) is 5.12. The lowest BCUT2D eigenvalue weighted by Crippen LogP contribution is -2.13. The first-order chi connectivity index (χ1) is 13.5. The minimum absolute atomic E-state index is 0.0256. The fourth-order valence-corrected chi connectivity index (χ4v) is 3.41. The molecule has 3 aromatic rings. The summed E-state index contributed by atoms with van der Waals surface area (Å²) in [4.78, 5) is 15.3. The van der Waals surface area contributed by atoms with Crippen LogP contribution in [0.1, 0.15) is 10.4 Å². The van der Waals surface area contributed by atoms with E-state index in [2.05, 4.69) is 19.5 Å². The van der Waals surface area contributed by atoms with Gasteiger partial charge in [-0.05, 0) is 36.4 Å². The van der Waals surface area contributed by atoms with Gasteiger partial charge in [0.25, 0.3) is 10.0 Å². The van der Waals surface area contributed by atoms with Gasteiger partial charge < -0.3 is 9.47 Å². The van der Waals surface area contributed by atoms with Crippen molar-refractivity contribution in [2.75, 3.05) is 18.4 Å². The SMILES string of the molecule is COC(=O)c1ccc(S(=O)(=O)Nc2cccc(OCCn3cncn3)c2)cc1. The Morgan fingerprint density at radius 1 is 1.18 bits per heavy atom. The number of carbonyl (C=O) groups excluding carboxylic acids is 1.